The van der Waals surface area contributed by atoms with Crippen LogP contribution in [0.2, 0.25) is 0 Å². The number of hydrogen-bond donors (Lipinski definition) is 1. The third-order valence-electron chi connectivity index (χ3n) is 2.52. The molecule has 0 spiro atoms. The second kappa shape index (κ2) is 7.23. The van der Waals surface area contributed by atoms with Gasteiger partial charge in [0.2, 0.25) is 0 Å². The molecule has 0 aliphatic carbocycles. The number of nitrogens with zero attached hydrogens (tertiary/aromatic N) is 1. The average Bonchev–Trinajstić information content (AvgIpc) is 2.34. The second-order valence-corrected chi connectivity index (χ2v) is 5.33. The number of carboxylic acids is 1. The quantitative estimate of drug-likeness (QED) is 0.821. The lowest BCUT2D eigenvalue weighted by molar-refractivity contribution is -0.138. The Balaban J connectivity index is 3.08. The lowest BCUT2D eigenvalue weighted by Crippen LogP contribution is -2.40. The summed E-state index contributed by atoms with van der Waals surface area (Å²) in [6, 6.07) is 5.61. The molecule has 0 fully saturated rings. The van der Waals surface area contributed by atoms with Gasteiger partial charge in [-0.1, -0.05) is 23.9 Å². The predicted molar refractivity (Wildman–Crippen MR) is 72.1 cm³/mol. The number of carbonyl (C=O) groups is 2. The first-order valence-electron chi connectivity index (χ1n) is 5.89. The van der Waals surface area contributed by atoms with Crippen molar-refractivity contribution in [2.24, 2.45) is 0 Å². The Morgan fingerprint density at radius 3 is 2.40 bits per heavy atom. The highest BCUT2D eigenvalue weighted by Gasteiger charge is 2.24. The summed E-state index contributed by atoms with van der Waals surface area (Å²) < 4.78 is 25.0. The SMILES string of the molecule is CC(C)N(CC(=O)O)C(=O)c1ccccc1SC(F)F. The molecule has 0 aliphatic rings. The van der Waals surface area contributed by atoms with Gasteiger partial charge < -0.3 is 10.0 Å². The van der Waals surface area contributed by atoms with E-state index in [-0.39, 0.29) is 28.3 Å². The van der Waals surface area contributed by atoms with E-state index in [1.165, 1.54) is 12.1 Å². The highest BCUT2D eigenvalue weighted by Crippen LogP contribution is 2.29. The van der Waals surface area contributed by atoms with Crippen LogP contribution < -0.4 is 0 Å². The molecule has 0 aromatic heterocycles. The minimum atomic E-state index is -2.64. The monoisotopic (exact) mass is 303 g/mol. The first-order valence-corrected chi connectivity index (χ1v) is 6.77. The Kier molecular flexibility index (Phi) is 5.94. The summed E-state index contributed by atoms with van der Waals surface area (Å²) in [6.07, 6.45) is 0. The van der Waals surface area contributed by atoms with E-state index in [2.05, 4.69) is 0 Å². The lowest BCUT2D eigenvalue weighted by Gasteiger charge is -2.25. The maximum atomic E-state index is 12.5. The Morgan fingerprint density at radius 1 is 1.30 bits per heavy atom. The van der Waals surface area contributed by atoms with Gasteiger partial charge in [0.05, 0.1) is 5.56 Å². The third-order valence-corrected chi connectivity index (χ3v) is 3.31. The number of amides is 1. The van der Waals surface area contributed by atoms with Crippen molar-refractivity contribution in [1.82, 2.24) is 4.90 Å². The molecule has 4 nitrogen and oxygen atoms in total. The molecule has 1 aromatic carbocycles. The first kappa shape index (κ1) is 16.4. The number of carbonyl (C=O) groups excluding carboxylic acids is 1. The van der Waals surface area contributed by atoms with E-state index in [0.29, 0.717) is 0 Å². The van der Waals surface area contributed by atoms with Crippen LogP contribution in [0.5, 0.6) is 0 Å². The summed E-state index contributed by atoms with van der Waals surface area (Å²) in [7, 11) is 0. The summed E-state index contributed by atoms with van der Waals surface area (Å²) >= 11 is 0.273. The highest BCUT2D eigenvalue weighted by atomic mass is 32.2. The van der Waals surface area contributed by atoms with Crippen LogP contribution >= 0.6 is 11.8 Å². The minimum absolute atomic E-state index is 0.0905. The number of aliphatic carboxylic acids is 1. The van der Waals surface area contributed by atoms with Crippen molar-refractivity contribution in [2.45, 2.75) is 30.5 Å². The van der Waals surface area contributed by atoms with E-state index in [9.17, 15) is 18.4 Å². The second-order valence-electron chi connectivity index (χ2n) is 4.30. The fourth-order valence-electron chi connectivity index (χ4n) is 1.63. The zero-order chi connectivity index (χ0) is 15.3. The van der Waals surface area contributed by atoms with Crippen LogP contribution in [0.3, 0.4) is 0 Å². The van der Waals surface area contributed by atoms with Crippen LogP contribution in [-0.2, 0) is 4.79 Å². The normalized spacial score (nSPS) is 10.9. The molecule has 0 aliphatic heterocycles. The van der Waals surface area contributed by atoms with Crippen LogP contribution in [0.4, 0.5) is 8.78 Å². The number of hydrogen-bond acceptors (Lipinski definition) is 3. The van der Waals surface area contributed by atoms with Crippen molar-refractivity contribution in [2.75, 3.05) is 6.54 Å². The Bertz CT molecular complexity index is 494. The van der Waals surface area contributed by atoms with Gasteiger partial charge in [0.25, 0.3) is 11.7 Å². The van der Waals surface area contributed by atoms with E-state index >= 15 is 0 Å². The molecule has 0 heterocycles. The molecule has 0 bridgehead atoms. The van der Waals surface area contributed by atoms with E-state index < -0.39 is 24.2 Å². The molecule has 0 atom stereocenters. The number of benzene rings is 1. The van der Waals surface area contributed by atoms with Gasteiger partial charge >= 0.3 is 5.97 Å². The summed E-state index contributed by atoms with van der Waals surface area (Å²) in [6.45, 7) is 2.87. The Morgan fingerprint density at radius 2 is 1.90 bits per heavy atom. The number of alkyl halides is 2. The molecule has 20 heavy (non-hydrogen) atoms. The van der Waals surface area contributed by atoms with Crippen LogP contribution in [0.15, 0.2) is 29.2 Å². The lowest BCUT2D eigenvalue weighted by atomic mass is 10.1. The maximum absolute atomic E-state index is 12.5. The molecular formula is C13H15F2NO3S. The van der Waals surface area contributed by atoms with Crippen molar-refractivity contribution in [1.29, 1.82) is 0 Å². The highest BCUT2D eigenvalue weighted by molar-refractivity contribution is 7.99. The molecule has 0 unspecified atom stereocenters. The van der Waals surface area contributed by atoms with Gasteiger partial charge in [0.1, 0.15) is 6.54 Å². The standard InChI is InChI=1S/C13H15F2NO3S/c1-8(2)16(7-11(17)18)12(19)9-5-3-4-6-10(9)20-13(14)15/h3-6,8,13H,7H2,1-2H3,(H,17,18). The minimum Gasteiger partial charge on any atom is -0.480 e. The van der Waals surface area contributed by atoms with Gasteiger partial charge in [-0.2, -0.15) is 8.78 Å². The van der Waals surface area contributed by atoms with E-state index in [1.54, 1.807) is 26.0 Å². The number of rotatable bonds is 6. The predicted octanol–water partition coefficient (Wildman–Crippen LogP) is 2.94. The van der Waals surface area contributed by atoms with Crippen molar-refractivity contribution >= 4 is 23.6 Å². The summed E-state index contributed by atoms with van der Waals surface area (Å²) in [5.41, 5.74) is 0.0905. The molecule has 0 saturated heterocycles. The summed E-state index contributed by atoms with van der Waals surface area (Å²) in [5, 5.41) is 8.82. The summed E-state index contributed by atoms with van der Waals surface area (Å²) in [5.74, 6) is -4.35. The smallest absolute Gasteiger partial charge is 0.323 e. The van der Waals surface area contributed by atoms with Crippen molar-refractivity contribution in [3.05, 3.63) is 29.8 Å². The molecule has 7 heteroatoms. The average molecular weight is 303 g/mol. The van der Waals surface area contributed by atoms with Crippen LogP contribution in [-0.4, -0.2) is 40.2 Å². The van der Waals surface area contributed by atoms with Gasteiger partial charge in [0, 0.05) is 10.9 Å². The van der Waals surface area contributed by atoms with E-state index in [4.69, 9.17) is 5.11 Å². The van der Waals surface area contributed by atoms with E-state index in [1.807, 2.05) is 0 Å². The first-order chi connectivity index (χ1) is 9.32. The topological polar surface area (TPSA) is 57.6 Å². The van der Waals surface area contributed by atoms with Crippen molar-refractivity contribution in [3.8, 4) is 0 Å². The maximum Gasteiger partial charge on any atom is 0.323 e. The molecule has 1 amide bonds. The summed E-state index contributed by atoms with van der Waals surface area (Å²) in [4.78, 5) is 24.4. The zero-order valence-corrected chi connectivity index (χ0v) is 11.9. The van der Waals surface area contributed by atoms with Gasteiger partial charge in [-0.25, -0.2) is 0 Å². The molecule has 110 valence electrons. The Hall–Kier alpha value is -1.63. The molecule has 0 saturated carbocycles. The van der Waals surface area contributed by atoms with E-state index in [0.717, 1.165) is 4.90 Å². The third kappa shape index (κ3) is 4.48. The zero-order valence-electron chi connectivity index (χ0n) is 11.0. The number of thioether (sulfide) groups is 1. The fraction of sp³-hybridized carbons (Fsp3) is 0.385. The van der Waals surface area contributed by atoms with Gasteiger partial charge in [-0.05, 0) is 26.0 Å². The Labute approximate surface area is 119 Å². The van der Waals surface area contributed by atoms with Crippen molar-refractivity contribution in [3.63, 3.8) is 0 Å². The van der Waals surface area contributed by atoms with Gasteiger partial charge in [0.15, 0.2) is 0 Å². The molecule has 1 N–H and O–H groups in total. The number of halogens is 2. The van der Waals surface area contributed by atoms with Crippen LogP contribution in [0, 0.1) is 0 Å². The fourth-order valence-corrected chi connectivity index (χ4v) is 2.26. The van der Waals surface area contributed by atoms with Crippen molar-refractivity contribution < 1.29 is 23.5 Å². The molecule has 0 radical (unpaired) electrons. The molecule has 1 aromatic rings. The van der Waals surface area contributed by atoms with Crippen LogP contribution in [0.1, 0.15) is 24.2 Å². The van der Waals surface area contributed by atoms with Gasteiger partial charge in [-0.15, -0.1) is 0 Å². The molecular weight excluding hydrogens is 288 g/mol. The molecule has 1 rings (SSSR count). The van der Waals surface area contributed by atoms with Crippen LogP contribution in [0.25, 0.3) is 0 Å². The van der Waals surface area contributed by atoms with Gasteiger partial charge in [-0.3, -0.25) is 9.59 Å². The number of carboxylic acid groups (broad SMARTS) is 1. The largest absolute Gasteiger partial charge is 0.480 e.